The van der Waals surface area contributed by atoms with Crippen molar-refractivity contribution in [2.45, 2.75) is 37.2 Å². The van der Waals surface area contributed by atoms with Crippen LogP contribution >= 0.6 is 0 Å². The number of hydrogen-bond donors (Lipinski definition) is 2. The number of phenolic OH excluding ortho intramolecular Hbond substituents is 1. The predicted molar refractivity (Wildman–Crippen MR) is 107 cm³/mol. The van der Waals surface area contributed by atoms with E-state index in [9.17, 15) is 10.2 Å². The molecule has 2 aromatic rings. The molecule has 6 heteroatoms. The molecule has 148 valence electrons. The van der Waals surface area contributed by atoms with Crippen LogP contribution in [0.3, 0.4) is 0 Å². The summed E-state index contributed by atoms with van der Waals surface area (Å²) in [6, 6.07) is 12.2. The van der Waals surface area contributed by atoms with E-state index >= 15 is 0 Å². The van der Waals surface area contributed by atoms with Gasteiger partial charge in [-0.25, -0.2) is 0 Å². The summed E-state index contributed by atoms with van der Waals surface area (Å²) in [5.41, 5.74) is 2.33. The highest BCUT2D eigenvalue weighted by atomic mass is 16.3. The molecule has 0 radical (unpaired) electrons. The van der Waals surface area contributed by atoms with Crippen molar-refractivity contribution in [3.63, 3.8) is 0 Å². The third kappa shape index (κ3) is 3.31. The fraction of sp³-hybridized carbons (Fsp3) is 0.500. The summed E-state index contributed by atoms with van der Waals surface area (Å²) >= 11 is 0. The van der Waals surface area contributed by atoms with E-state index in [0.717, 1.165) is 57.8 Å². The Kier molecular flexibility index (Phi) is 4.59. The summed E-state index contributed by atoms with van der Waals surface area (Å²) < 4.78 is 0. The van der Waals surface area contributed by atoms with Crippen LogP contribution in [0.5, 0.6) is 5.75 Å². The molecule has 3 aliphatic rings. The number of rotatable bonds is 4. The lowest BCUT2D eigenvalue weighted by molar-refractivity contribution is -0.118. The molecule has 5 rings (SSSR count). The number of aliphatic hydroxyl groups excluding tert-OH is 1. The van der Waals surface area contributed by atoms with Gasteiger partial charge in [0.25, 0.3) is 0 Å². The van der Waals surface area contributed by atoms with Gasteiger partial charge in [-0.15, -0.1) is 0 Å². The zero-order valence-electron chi connectivity index (χ0n) is 16.1. The molecular weight excluding hydrogens is 352 g/mol. The minimum atomic E-state index is -0.215. The number of likely N-dealkylation sites (tertiary alicyclic amines) is 1. The lowest BCUT2D eigenvalue weighted by Gasteiger charge is -2.61. The van der Waals surface area contributed by atoms with Gasteiger partial charge in [0.2, 0.25) is 0 Å². The zero-order chi connectivity index (χ0) is 19.1. The molecule has 0 aliphatic carbocycles. The van der Waals surface area contributed by atoms with E-state index in [1.165, 1.54) is 5.56 Å². The molecule has 1 spiro atoms. The van der Waals surface area contributed by atoms with Crippen LogP contribution in [0.2, 0.25) is 0 Å². The first-order chi connectivity index (χ1) is 13.6. The number of piperazine rings is 1. The number of para-hydroxylation sites is 1. The Morgan fingerprint density at radius 3 is 2.61 bits per heavy atom. The summed E-state index contributed by atoms with van der Waals surface area (Å²) in [6.45, 7) is 6.46. The van der Waals surface area contributed by atoms with Crippen molar-refractivity contribution < 1.29 is 10.2 Å². The minimum Gasteiger partial charge on any atom is -0.508 e. The number of aliphatic hydroxyl groups is 1. The van der Waals surface area contributed by atoms with Crippen LogP contribution in [0.25, 0.3) is 0 Å². The Hall–Kier alpha value is -1.99. The average Bonchev–Trinajstić information content (AvgIpc) is 3.03. The van der Waals surface area contributed by atoms with Gasteiger partial charge in [0.15, 0.2) is 0 Å². The highest BCUT2D eigenvalue weighted by Crippen LogP contribution is 2.40. The van der Waals surface area contributed by atoms with Crippen molar-refractivity contribution in [2.24, 2.45) is 0 Å². The molecule has 0 saturated carbocycles. The Morgan fingerprint density at radius 2 is 1.82 bits per heavy atom. The largest absolute Gasteiger partial charge is 0.508 e. The first-order valence-corrected chi connectivity index (χ1v) is 10.2. The number of β-amino-alcohol motifs (C(OH)–C–C–N with tert-alkyl or cyclic N) is 1. The first kappa shape index (κ1) is 18.1. The molecule has 3 saturated heterocycles. The highest BCUT2D eigenvalue weighted by molar-refractivity contribution is 5.32. The molecule has 0 unspecified atom stereocenters. The maximum Gasteiger partial charge on any atom is 0.120 e. The Bertz CT molecular complexity index is 824. The van der Waals surface area contributed by atoms with Crippen molar-refractivity contribution in [1.82, 2.24) is 19.7 Å². The van der Waals surface area contributed by atoms with Crippen LogP contribution in [-0.4, -0.2) is 80.3 Å². The van der Waals surface area contributed by atoms with Crippen LogP contribution in [0, 0.1) is 0 Å². The van der Waals surface area contributed by atoms with E-state index in [-0.39, 0.29) is 11.6 Å². The summed E-state index contributed by atoms with van der Waals surface area (Å²) in [4.78, 5) is 11.8. The van der Waals surface area contributed by atoms with Crippen molar-refractivity contribution in [3.05, 3.63) is 59.9 Å². The number of phenols is 1. The molecule has 1 aromatic heterocycles. The van der Waals surface area contributed by atoms with Crippen LogP contribution in [0.4, 0.5) is 0 Å². The third-order valence-corrected chi connectivity index (χ3v) is 6.54. The lowest BCUT2D eigenvalue weighted by atomic mass is 9.83. The van der Waals surface area contributed by atoms with Gasteiger partial charge in [0, 0.05) is 69.8 Å². The van der Waals surface area contributed by atoms with E-state index < -0.39 is 0 Å². The van der Waals surface area contributed by atoms with Gasteiger partial charge in [-0.3, -0.25) is 19.7 Å². The third-order valence-electron chi connectivity index (χ3n) is 6.54. The molecule has 0 amide bonds. The van der Waals surface area contributed by atoms with Gasteiger partial charge in [-0.2, -0.15) is 0 Å². The number of nitrogens with zero attached hydrogens (tertiary/aromatic N) is 4. The van der Waals surface area contributed by atoms with Crippen molar-refractivity contribution in [3.8, 4) is 5.75 Å². The topological polar surface area (TPSA) is 63.1 Å². The normalized spacial score (nSPS) is 27.6. The van der Waals surface area contributed by atoms with Crippen LogP contribution in [0.15, 0.2) is 48.8 Å². The van der Waals surface area contributed by atoms with Crippen molar-refractivity contribution in [2.75, 3.05) is 32.7 Å². The Morgan fingerprint density at radius 1 is 1.00 bits per heavy atom. The van der Waals surface area contributed by atoms with Gasteiger partial charge in [0.05, 0.1) is 11.6 Å². The molecule has 28 heavy (non-hydrogen) atoms. The number of fused-ring (bicyclic) bond motifs is 2. The summed E-state index contributed by atoms with van der Waals surface area (Å²) in [5, 5.41) is 20.4. The monoisotopic (exact) mass is 380 g/mol. The lowest BCUT2D eigenvalue weighted by Crippen LogP contribution is -2.77. The molecule has 2 atom stereocenters. The van der Waals surface area contributed by atoms with Crippen LogP contribution in [-0.2, 0) is 13.1 Å². The minimum absolute atomic E-state index is 0.104. The standard InChI is InChI=1S/C22H28N4O2/c27-20-8-19-12-24(10-17-4-3-7-23-9-17)14-22(26(19)13-20)15-25(16-22)11-18-5-1-2-6-21(18)28/h1-7,9,19-20,27-28H,8,10-16H2/t19-,20+/m0/s1. The van der Waals surface area contributed by atoms with Gasteiger partial charge in [0.1, 0.15) is 5.75 Å². The van der Waals surface area contributed by atoms with E-state index in [1.807, 2.05) is 36.7 Å². The molecule has 0 bridgehead atoms. The molecular formula is C22H28N4O2. The maximum atomic E-state index is 10.3. The number of hydrogen-bond acceptors (Lipinski definition) is 6. The first-order valence-electron chi connectivity index (χ1n) is 10.2. The number of benzene rings is 1. The van der Waals surface area contributed by atoms with E-state index in [4.69, 9.17) is 0 Å². The van der Waals surface area contributed by atoms with E-state index in [2.05, 4.69) is 25.8 Å². The summed E-state index contributed by atoms with van der Waals surface area (Å²) in [5.74, 6) is 0.375. The zero-order valence-corrected chi connectivity index (χ0v) is 16.1. The van der Waals surface area contributed by atoms with Crippen molar-refractivity contribution in [1.29, 1.82) is 0 Å². The number of aromatic hydroxyl groups is 1. The maximum absolute atomic E-state index is 10.3. The number of aromatic nitrogens is 1. The van der Waals surface area contributed by atoms with Gasteiger partial charge >= 0.3 is 0 Å². The fourth-order valence-corrected chi connectivity index (χ4v) is 5.45. The SMILES string of the molecule is Oc1ccccc1CN1CC2(CN(Cc3cccnc3)C[C@@H]3C[C@@H](O)CN32)C1. The quantitative estimate of drug-likeness (QED) is 0.834. The van der Waals surface area contributed by atoms with Crippen molar-refractivity contribution >= 4 is 0 Å². The Balaban J connectivity index is 1.30. The smallest absolute Gasteiger partial charge is 0.120 e. The van der Waals surface area contributed by atoms with Crippen LogP contribution < -0.4 is 0 Å². The molecule has 3 aliphatic heterocycles. The number of pyridine rings is 1. The second kappa shape index (κ2) is 7.12. The molecule has 2 N–H and O–H groups in total. The molecule has 3 fully saturated rings. The van der Waals surface area contributed by atoms with Gasteiger partial charge < -0.3 is 10.2 Å². The van der Waals surface area contributed by atoms with Gasteiger partial charge in [-0.05, 0) is 24.1 Å². The summed E-state index contributed by atoms with van der Waals surface area (Å²) in [7, 11) is 0. The molecule has 1 aromatic carbocycles. The summed E-state index contributed by atoms with van der Waals surface area (Å²) in [6.07, 6.45) is 4.42. The van der Waals surface area contributed by atoms with Crippen LogP contribution in [0.1, 0.15) is 17.5 Å². The predicted octanol–water partition coefficient (Wildman–Crippen LogP) is 1.29. The molecule has 6 nitrogen and oxygen atoms in total. The second-order valence-corrected chi connectivity index (χ2v) is 8.72. The second-order valence-electron chi connectivity index (χ2n) is 8.72. The van der Waals surface area contributed by atoms with E-state index in [1.54, 1.807) is 6.07 Å². The fourth-order valence-electron chi connectivity index (χ4n) is 5.45. The molecule has 4 heterocycles. The highest BCUT2D eigenvalue weighted by Gasteiger charge is 2.55. The Labute approximate surface area is 166 Å². The van der Waals surface area contributed by atoms with E-state index in [0.29, 0.717) is 11.8 Å². The average molecular weight is 380 g/mol. The van der Waals surface area contributed by atoms with Gasteiger partial charge in [-0.1, -0.05) is 24.3 Å².